The van der Waals surface area contributed by atoms with Crippen molar-refractivity contribution in [2.24, 2.45) is 0 Å². The lowest BCUT2D eigenvalue weighted by atomic mass is 10.2. The minimum atomic E-state index is 0.580. The fraction of sp³-hybridized carbons (Fsp3) is 0.545. The minimum absolute atomic E-state index is 0.580. The van der Waals surface area contributed by atoms with Gasteiger partial charge in [-0.25, -0.2) is 4.98 Å². The first kappa shape index (κ1) is 10.7. The number of halogens is 1. The van der Waals surface area contributed by atoms with Crippen LogP contribution >= 0.6 is 11.6 Å². The lowest BCUT2D eigenvalue weighted by Crippen LogP contribution is -2.50. The molecule has 0 spiro atoms. The molecule has 0 amide bonds. The van der Waals surface area contributed by atoms with E-state index in [0.29, 0.717) is 11.1 Å². The monoisotopic (exact) mass is 225 g/mol. The Morgan fingerprint density at radius 1 is 1.40 bits per heavy atom. The van der Waals surface area contributed by atoms with E-state index in [4.69, 9.17) is 11.6 Å². The highest BCUT2D eigenvalue weighted by atomic mass is 35.5. The summed E-state index contributed by atoms with van der Waals surface area (Å²) < 4.78 is 0. The van der Waals surface area contributed by atoms with Crippen molar-refractivity contribution in [2.75, 3.05) is 31.6 Å². The molecule has 4 heteroatoms. The van der Waals surface area contributed by atoms with E-state index in [-0.39, 0.29) is 0 Å². The highest BCUT2D eigenvalue weighted by molar-refractivity contribution is 6.30. The van der Waals surface area contributed by atoms with Gasteiger partial charge in [0.2, 0.25) is 0 Å². The zero-order valence-corrected chi connectivity index (χ0v) is 9.91. The van der Waals surface area contributed by atoms with E-state index in [0.717, 1.165) is 25.5 Å². The molecular formula is C11H16ClN3. The third-order valence-electron chi connectivity index (χ3n) is 3.00. The summed E-state index contributed by atoms with van der Waals surface area (Å²) >= 11 is 5.81. The van der Waals surface area contributed by atoms with Crippen LogP contribution in [0.1, 0.15) is 6.92 Å². The molecule has 1 unspecified atom stereocenters. The number of rotatable bonds is 1. The first-order chi connectivity index (χ1) is 7.16. The normalized spacial score (nSPS) is 23.1. The van der Waals surface area contributed by atoms with Gasteiger partial charge < -0.3 is 9.80 Å². The second-order valence-corrected chi connectivity index (χ2v) is 4.55. The SMILES string of the molecule is CC1CN(c2ccc(Cl)cn2)CCN1C. The molecule has 2 heterocycles. The van der Waals surface area contributed by atoms with E-state index >= 15 is 0 Å². The van der Waals surface area contributed by atoms with Gasteiger partial charge in [-0.1, -0.05) is 11.6 Å². The maximum absolute atomic E-state index is 5.81. The summed E-state index contributed by atoms with van der Waals surface area (Å²) in [6.07, 6.45) is 1.71. The van der Waals surface area contributed by atoms with Crippen molar-refractivity contribution in [3.05, 3.63) is 23.4 Å². The van der Waals surface area contributed by atoms with Crippen LogP contribution in [-0.4, -0.2) is 42.6 Å². The summed E-state index contributed by atoms with van der Waals surface area (Å²) in [4.78, 5) is 9.01. The van der Waals surface area contributed by atoms with Crippen LogP contribution in [0.5, 0.6) is 0 Å². The van der Waals surface area contributed by atoms with Crippen LogP contribution in [0, 0.1) is 0 Å². The van der Waals surface area contributed by atoms with E-state index in [1.165, 1.54) is 0 Å². The molecular weight excluding hydrogens is 210 g/mol. The van der Waals surface area contributed by atoms with Crippen LogP contribution in [0.25, 0.3) is 0 Å². The summed E-state index contributed by atoms with van der Waals surface area (Å²) in [6.45, 7) is 5.40. The van der Waals surface area contributed by atoms with Crippen molar-refractivity contribution in [2.45, 2.75) is 13.0 Å². The maximum Gasteiger partial charge on any atom is 0.128 e. The number of nitrogens with zero attached hydrogens (tertiary/aromatic N) is 3. The van der Waals surface area contributed by atoms with Gasteiger partial charge >= 0.3 is 0 Å². The molecule has 0 radical (unpaired) electrons. The summed E-state index contributed by atoms with van der Waals surface area (Å²) in [5.41, 5.74) is 0. The molecule has 0 aliphatic carbocycles. The maximum atomic E-state index is 5.81. The summed E-state index contributed by atoms with van der Waals surface area (Å²) in [6, 6.07) is 4.46. The molecule has 0 saturated carbocycles. The second kappa shape index (κ2) is 4.37. The Kier molecular flexibility index (Phi) is 3.12. The quantitative estimate of drug-likeness (QED) is 0.728. The highest BCUT2D eigenvalue weighted by Gasteiger charge is 2.21. The molecule has 1 aliphatic rings. The highest BCUT2D eigenvalue weighted by Crippen LogP contribution is 2.17. The Labute approximate surface area is 95.7 Å². The molecule has 1 aliphatic heterocycles. The van der Waals surface area contributed by atoms with E-state index in [9.17, 15) is 0 Å². The van der Waals surface area contributed by atoms with Gasteiger partial charge in [0, 0.05) is 31.9 Å². The molecule has 1 aromatic rings. The van der Waals surface area contributed by atoms with Crippen LogP contribution in [0.15, 0.2) is 18.3 Å². The zero-order chi connectivity index (χ0) is 10.8. The lowest BCUT2D eigenvalue weighted by Gasteiger charge is -2.38. The van der Waals surface area contributed by atoms with Gasteiger partial charge in [-0.2, -0.15) is 0 Å². The van der Waals surface area contributed by atoms with E-state index in [1.807, 2.05) is 12.1 Å². The lowest BCUT2D eigenvalue weighted by molar-refractivity contribution is 0.233. The summed E-state index contributed by atoms with van der Waals surface area (Å²) in [5.74, 6) is 1.03. The fourth-order valence-electron chi connectivity index (χ4n) is 1.81. The third-order valence-corrected chi connectivity index (χ3v) is 3.22. The van der Waals surface area contributed by atoms with E-state index in [2.05, 4.69) is 28.8 Å². The molecule has 3 nitrogen and oxygen atoms in total. The van der Waals surface area contributed by atoms with Gasteiger partial charge in [-0.15, -0.1) is 0 Å². The van der Waals surface area contributed by atoms with Gasteiger partial charge in [0.05, 0.1) is 5.02 Å². The summed E-state index contributed by atoms with van der Waals surface area (Å²) in [7, 11) is 2.16. The van der Waals surface area contributed by atoms with Crippen molar-refractivity contribution in [3.63, 3.8) is 0 Å². The van der Waals surface area contributed by atoms with Gasteiger partial charge in [0.1, 0.15) is 5.82 Å². The second-order valence-electron chi connectivity index (χ2n) is 4.11. The number of likely N-dealkylation sites (N-methyl/N-ethyl adjacent to an activating group) is 1. The van der Waals surface area contributed by atoms with Crippen LogP contribution in [0.4, 0.5) is 5.82 Å². The van der Waals surface area contributed by atoms with Crippen LogP contribution in [0.2, 0.25) is 5.02 Å². The Hall–Kier alpha value is -0.800. The van der Waals surface area contributed by atoms with Crippen molar-refractivity contribution >= 4 is 17.4 Å². The topological polar surface area (TPSA) is 19.4 Å². The molecule has 2 rings (SSSR count). The van der Waals surface area contributed by atoms with Crippen LogP contribution in [-0.2, 0) is 0 Å². The number of anilines is 1. The predicted molar refractivity (Wildman–Crippen MR) is 63.6 cm³/mol. The molecule has 0 N–H and O–H groups in total. The van der Waals surface area contributed by atoms with Gasteiger partial charge in [0.15, 0.2) is 0 Å². The van der Waals surface area contributed by atoms with Crippen molar-refractivity contribution < 1.29 is 0 Å². The standard InChI is InChI=1S/C11H16ClN3/c1-9-8-15(6-5-14(9)2)11-4-3-10(12)7-13-11/h3-4,7,9H,5-6,8H2,1-2H3. The largest absolute Gasteiger partial charge is 0.354 e. The first-order valence-corrected chi connectivity index (χ1v) is 5.61. The molecule has 1 saturated heterocycles. The Morgan fingerprint density at radius 3 is 2.80 bits per heavy atom. The number of hydrogen-bond acceptors (Lipinski definition) is 3. The Bertz CT molecular complexity index is 325. The molecule has 1 fully saturated rings. The van der Waals surface area contributed by atoms with Crippen LogP contribution < -0.4 is 4.90 Å². The number of pyridine rings is 1. The van der Waals surface area contributed by atoms with Gasteiger partial charge in [-0.3, -0.25) is 0 Å². The van der Waals surface area contributed by atoms with Gasteiger partial charge in [0.25, 0.3) is 0 Å². The van der Waals surface area contributed by atoms with E-state index < -0.39 is 0 Å². The third kappa shape index (κ3) is 2.41. The smallest absolute Gasteiger partial charge is 0.128 e. The van der Waals surface area contributed by atoms with Crippen molar-refractivity contribution in [1.82, 2.24) is 9.88 Å². The van der Waals surface area contributed by atoms with Gasteiger partial charge in [-0.05, 0) is 26.1 Å². The number of hydrogen-bond donors (Lipinski definition) is 0. The molecule has 1 atom stereocenters. The average molecular weight is 226 g/mol. The predicted octanol–water partition coefficient (Wildman–Crippen LogP) is 1.88. The molecule has 15 heavy (non-hydrogen) atoms. The summed E-state index contributed by atoms with van der Waals surface area (Å²) in [5, 5.41) is 0.695. The molecule has 0 aromatic carbocycles. The fourth-order valence-corrected chi connectivity index (χ4v) is 1.92. The minimum Gasteiger partial charge on any atom is -0.354 e. The number of aromatic nitrogens is 1. The first-order valence-electron chi connectivity index (χ1n) is 5.23. The molecule has 1 aromatic heterocycles. The average Bonchev–Trinajstić information content (AvgIpc) is 2.23. The Balaban J connectivity index is 2.08. The van der Waals surface area contributed by atoms with E-state index in [1.54, 1.807) is 6.20 Å². The van der Waals surface area contributed by atoms with Crippen molar-refractivity contribution in [3.8, 4) is 0 Å². The zero-order valence-electron chi connectivity index (χ0n) is 9.15. The molecule has 82 valence electrons. The van der Waals surface area contributed by atoms with Crippen LogP contribution in [0.3, 0.4) is 0 Å². The van der Waals surface area contributed by atoms with Crippen molar-refractivity contribution in [1.29, 1.82) is 0 Å². The Morgan fingerprint density at radius 2 is 2.20 bits per heavy atom. The molecule has 0 bridgehead atoms. The number of piperazine rings is 1.